The van der Waals surface area contributed by atoms with E-state index in [1.165, 1.54) is 11.1 Å². The largest absolute Gasteiger partial charge is 0.508 e. The quantitative estimate of drug-likeness (QED) is 0.721. The summed E-state index contributed by atoms with van der Waals surface area (Å²) in [5.74, 6) is 0.349. The molecule has 1 saturated heterocycles. The molecule has 3 nitrogen and oxygen atoms in total. The maximum atomic E-state index is 9.87. The van der Waals surface area contributed by atoms with Gasteiger partial charge in [-0.05, 0) is 44.9 Å². The monoisotopic (exact) mass is 339 g/mol. The Labute approximate surface area is 151 Å². The maximum Gasteiger partial charge on any atom is 0.120 e. The lowest BCUT2D eigenvalue weighted by atomic mass is 9.72. The Hall–Kier alpha value is -1.84. The summed E-state index contributed by atoms with van der Waals surface area (Å²) in [4.78, 5) is 0. The van der Waals surface area contributed by atoms with Gasteiger partial charge in [-0.25, -0.2) is 0 Å². The van der Waals surface area contributed by atoms with E-state index >= 15 is 0 Å². The molecular formula is C22H29NO2. The van der Waals surface area contributed by atoms with Gasteiger partial charge in [-0.15, -0.1) is 0 Å². The average Bonchev–Trinajstić information content (AvgIpc) is 2.58. The third-order valence-corrected chi connectivity index (χ3v) is 5.44. The second kappa shape index (κ2) is 7.19. The Morgan fingerprint density at radius 1 is 1.12 bits per heavy atom. The van der Waals surface area contributed by atoms with E-state index in [2.05, 4.69) is 50.4 Å². The van der Waals surface area contributed by atoms with Crippen LogP contribution >= 0.6 is 0 Å². The number of nitrogens with one attached hydrogen (secondary N) is 1. The third-order valence-electron chi connectivity index (χ3n) is 5.44. The number of para-hydroxylation sites is 1. The van der Waals surface area contributed by atoms with Crippen molar-refractivity contribution in [2.75, 3.05) is 6.54 Å². The van der Waals surface area contributed by atoms with Gasteiger partial charge >= 0.3 is 0 Å². The lowest BCUT2D eigenvalue weighted by Crippen LogP contribution is -2.56. The topological polar surface area (TPSA) is 41.5 Å². The van der Waals surface area contributed by atoms with Crippen LogP contribution in [0.25, 0.3) is 0 Å². The molecule has 1 aliphatic heterocycles. The van der Waals surface area contributed by atoms with Crippen molar-refractivity contribution < 1.29 is 9.84 Å². The minimum atomic E-state index is -0.190. The molecule has 0 saturated carbocycles. The standard InChI is InChI=1S/C22H29NO2/c1-4-21(3)16-22(25-21,19-11-9-17(2)10-12-19)13-14-23-15-18-7-5-6-8-20(18)24/h5-12,23-24H,4,13-16H2,1-3H3. The van der Waals surface area contributed by atoms with Crippen molar-refractivity contribution >= 4 is 0 Å². The normalized spacial score (nSPS) is 25.6. The zero-order valence-corrected chi connectivity index (χ0v) is 15.5. The van der Waals surface area contributed by atoms with E-state index in [1.807, 2.05) is 18.2 Å². The van der Waals surface area contributed by atoms with Gasteiger partial charge in [0.2, 0.25) is 0 Å². The van der Waals surface area contributed by atoms with Gasteiger partial charge in [0.05, 0.1) is 11.2 Å². The zero-order valence-electron chi connectivity index (χ0n) is 15.5. The summed E-state index contributed by atoms with van der Waals surface area (Å²) < 4.78 is 6.48. The van der Waals surface area contributed by atoms with Crippen molar-refractivity contribution in [1.29, 1.82) is 0 Å². The van der Waals surface area contributed by atoms with Gasteiger partial charge in [0, 0.05) is 18.5 Å². The van der Waals surface area contributed by atoms with Crippen LogP contribution in [-0.4, -0.2) is 17.3 Å². The van der Waals surface area contributed by atoms with Crippen molar-refractivity contribution in [3.63, 3.8) is 0 Å². The van der Waals surface area contributed by atoms with E-state index in [1.54, 1.807) is 6.07 Å². The van der Waals surface area contributed by atoms with Gasteiger partial charge in [-0.1, -0.05) is 55.0 Å². The van der Waals surface area contributed by atoms with Gasteiger partial charge < -0.3 is 15.2 Å². The molecule has 3 rings (SSSR count). The molecule has 1 heterocycles. The van der Waals surface area contributed by atoms with Crippen molar-refractivity contribution in [3.05, 3.63) is 65.2 Å². The number of aryl methyl sites for hydroxylation is 1. The number of ether oxygens (including phenoxy) is 1. The molecule has 2 aromatic rings. The van der Waals surface area contributed by atoms with E-state index in [0.29, 0.717) is 12.3 Å². The molecule has 3 heteroatoms. The number of benzene rings is 2. The summed E-state index contributed by atoms with van der Waals surface area (Å²) in [7, 11) is 0. The number of phenolic OH excluding ortho intramolecular Hbond substituents is 1. The molecule has 25 heavy (non-hydrogen) atoms. The van der Waals surface area contributed by atoms with Gasteiger partial charge in [-0.2, -0.15) is 0 Å². The van der Waals surface area contributed by atoms with Crippen LogP contribution in [0, 0.1) is 6.92 Å². The zero-order chi connectivity index (χ0) is 17.9. The molecule has 2 unspecified atom stereocenters. The van der Waals surface area contributed by atoms with Crippen LogP contribution in [0.2, 0.25) is 0 Å². The summed E-state index contributed by atoms with van der Waals surface area (Å²) in [6.07, 6.45) is 3.02. The van der Waals surface area contributed by atoms with Crippen LogP contribution in [0.4, 0.5) is 0 Å². The van der Waals surface area contributed by atoms with E-state index in [0.717, 1.165) is 31.4 Å². The fraction of sp³-hybridized carbons (Fsp3) is 0.455. The molecule has 0 radical (unpaired) electrons. The summed E-state index contributed by atoms with van der Waals surface area (Å²) >= 11 is 0. The van der Waals surface area contributed by atoms with Crippen LogP contribution in [0.5, 0.6) is 5.75 Å². The Morgan fingerprint density at radius 3 is 2.44 bits per heavy atom. The summed E-state index contributed by atoms with van der Waals surface area (Å²) in [5.41, 5.74) is 3.27. The lowest BCUT2D eigenvalue weighted by molar-refractivity contribution is -0.276. The van der Waals surface area contributed by atoms with E-state index in [9.17, 15) is 5.11 Å². The van der Waals surface area contributed by atoms with Crippen molar-refractivity contribution in [1.82, 2.24) is 5.32 Å². The van der Waals surface area contributed by atoms with Gasteiger partial charge in [0.15, 0.2) is 0 Å². The van der Waals surface area contributed by atoms with E-state index < -0.39 is 0 Å². The smallest absolute Gasteiger partial charge is 0.120 e. The van der Waals surface area contributed by atoms with Gasteiger partial charge in [0.25, 0.3) is 0 Å². The fourth-order valence-electron chi connectivity index (χ4n) is 3.74. The Kier molecular flexibility index (Phi) is 5.16. The SMILES string of the molecule is CCC1(C)CC(CCNCc2ccccc2O)(c2ccc(C)cc2)O1. The molecule has 0 bridgehead atoms. The highest BCUT2D eigenvalue weighted by Crippen LogP contribution is 2.52. The van der Waals surface area contributed by atoms with Crippen LogP contribution in [-0.2, 0) is 16.9 Å². The minimum Gasteiger partial charge on any atom is -0.508 e. The number of hydrogen-bond donors (Lipinski definition) is 2. The summed E-state index contributed by atoms with van der Waals surface area (Å²) in [5, 5.41) is 13.3. The Bertz CT molecular complexity index is 702. The molecular weight excluding hydrogens is 310 g/mol. The molecule has 1 aliphatic rings. The molecule has 2 N–H and O–H groups in total. The first-order chi connectivity index (χ1) is 12.0. The Morgan fingerprint density at radius 2 is 1.80 bits per heavy atom. The molecule has 0 aliphatic carbocycles. The fourth-order valence-corrected chi connectivity index (χ4v) is 3.74. The second-order valence-corrected chi connectivity index (χ2v) is 7.50. The van der Waals surface area contributed by atoms with Crippen LogP contribution < -0.4 is 5.32 Å². The Balaban J connectivity index is 1.63. The molecule has 0 spiro atoms. The first-order valence-electron chi connectivity index (χ1n) is 9.21. The highest BCUT2D eigenvalue weighted by atomic mass is 16.6. The molecule has 0 amide bonds. The predicted molar refractivity (Wildman–Crippen MR) is 102 cm³/mol. The first kappa shape index (κ1) is 18.0. The lowest BCUT2D eigenvalue weighted by Gasteiger charge is -2.55. The number of rotatable bonds is 7. The third kappa shape index (κ3) is 3.88. The minimum absolute atomic E-state index is 0.0113. The van der Waals surface area contributed by atoms with Crippen molar-refractivity contribution in [2.45, 2.75) is 57.8 Å². The van der Waals surface area contributed by atoms with Crippen molar-refractivity contribution in [3.8, 4) is 5.75 Å². The van der Waals surface area contributed by atoms with E-state index in [-0.39, 0.29) is 11.2 Å². The molecule has 1 fully saturated rings. The number of phenols is 1. The second-order valence-electron chi connectivity index (χ2n) is 7.50. The summed E-state index contributed by atoms with van der Waals surface area (Å²) in [6.45, 7) is 8.02. The molecule has 2 aromatic carbocycles. The van der Waals surface area contributed by atoms with Crippen LogP contribution in [0.15, 0.2) is 48.5 Å². The highest BCUT2D eigenvalue weighted by Gasteiger charge is 2.52. The molecule has 0 aromatic heterocycles. The van der Waals surface area contributed by atoms with Gasteiger partial charge in [0.1, 0.15) is 5.75 Å². The first-order valence-corrected chi connectivity index (χ1v) is 9.21. The number of hydrogen-bond acceptors (Lipinski definition) is 3. The van der Waals surface area contributed by atoms with Crippen LogP contribution in [0.3, 0.4) is 0 Å². The molecule has 134 valence electrons. The number of aromatic hydroxyl groups is 1. The van der Waals surface area contributed by atoms with E-state index in [4.69, 9.17) is 4.74 Å². The van der Waals surface area contributed by atoms with Crippen LogP contribution in [0.1, 0.15) is 49.8 Å². The van der Waals surface area contributed by atoms with Gasteiger partial charge in [-0.3, -0.25) is 0 Å². The summed E-state index contributed by atoms with van der Waals surface area (Å²) in [6, 6.07) is 16.2. The maximum absolute atomic E-state index is 9.87. The van der Waals surface area contributed by atoms with Crippen molar-refractivity contribution in [2.24, 2.45) is 0 Å². The average molecular weight is 339 g/mol. The predicted octanol–water partition coefficient (Wildman–Crippen LogP) is 4.66. The highest BCUT2D eigenvalue weighted by molar-refractivity contribution is 5.32. The molecule has 2 atom stereocenters.